The van der Waals surface area contributed by atoms with Crippen molar-refractivity contribution in [2.75, 3.05) is 0 Å². The molecule has 0 amide bonds. The molecule has 0 aliphatic rings. The van der Waals surface area contributed by atoms with Gasteiger partial charge in [0.05, 0.1) is 11.0 Å². The zero-order chi connectivity index (χ0) is 11.5. The summed E-state index contributed by atoms with van der Waals surface area (Å²) in [6.45, 7) is 0.379. The van der Waals surface area contributed by atoms with Gasteiger partial charge in [-0.05, 0) is 39.7 Å². The first-order chi connectivity index (χ1) is 7.66. The van der Waals surface area contributed by atoms with E-state index in [1.165, 1.54) is 16.7 Å². The van der Waals surface area contributed by atoms with Crippen LogP contribution in [0.5, 0.6) is 0 Å². The summed E-state index contributed by atoms with van der Waals surface area (Å²) in [6, 6.07) is 9.78. The first-order valence-corrected chi connectivity index (χ1v) is 5.55. The van der Waals surface area contributed by atoms with Gasteiger partial charge in [0.15, 0.2) is 0 Å². The second-order valence-electron chi connectivity index (χ2n) is 3.42. The number of hydrogen-bond donors (Lipinski definition) is 0. The Morgan fingerprint density at radius 3 is 2.75 bits per heavy atom. The third-order valence-electron chi connectivity index (χ3n) is 2.24. The molecule has 2 rings (SSSR count). The molecule has 0 fully saturated rings. The molecule has 0 saturated heterocycles. The number of nitrogens with zero attached hydrogens (tertiary/aromatic N) is 1. The molecular formula is C12H9BrFNO. The van der Waals surface area contributed by atoms with Crippen LogP contribution in [0.4, 0.5) is 4.39 Å². The van der Waals surface area contributed by atoms with Gasteiger partial charge in [0.1, 0.15) is 5.82 Å². The SMILES string of the molecule is O=c1ccccn1Cc1ccc(Br)c(F)c1. The van der Waals surface area contributed by atoms with Gasteiger partial charge in [0.2, 0.25) is 0 Å². The number of aromatic nitrogens is 1. The van der Waals surface area contributed by atoms with E-state index in [1.807, 2.05) is 0 Å². The normalized spacial score (nSPS) is 10.4. The highest BCUT2D eigenvalue weighted by atomic mass is 79.9. The maximum absolute atomic E-state index is 13.2. The van der Waals surface area contributed by atoms with Crippen molar-refractivity contribution in [3.63, 3.8) is 0 Å². The van der Waals surface area contributed by atoms with Crippen LogP contribution in [-0.4, -0.2) is 4.57 Å². The van der Waals surface area contributed by atoms with Crippen molar-refractivity contribution in [3.05, 3.63) is 68.8 Å². The summed E-state index contributed by atoms with van der Waals surface area (Å²) in [5.41, 5.74) is 0.667. The molecule has 0 unspecified atom stereocenters. The summed E-state index contributed by atoms with van der Waals surface area (Å²) in [5.74, 6) is -0.318. The Labute approximate surface area is 100 Å². The van der Waals surface area contributed by atoms with Crippen LogP contribution in [0.25, 0.3) is 0 Å². The van der Waals surface area contributed by atoms with E-state index >= 15 is 0 Å². The summed E-state index contributed by atoms with van der Waals surface area (Å²) < 4.78 is 15.2. The molecule has 0 aliphatic heterocycles. The second kappa shape index (κ2) is 4.61. The van der Waals surface area contributed by atoms with Gasteiger partial charge in [-0.25, -0.2) is 4.39 Å². The van der Waals surface area contributed by atoms with Gasteiger partial charge < -0.3 is 4.57 Å². The van der Waals surface area contributed by atoms with Crippen molar-refractivity contribution in [1.82, 2.24) is 4.57 Å². The minimum absolute atomic E-state index is 0.0918. The van der Waals surface area contributed by atoms with Gasteiger partial charge >= 0.3 is 0 Å². The minimum atomic E-state index is -0.318. The molecule has 0 aliphatic carbocycles. The zero-order valence-corrected chi connectivity index (χ0v) is 9.95. The highest BCUT2D eigenvalue weighted by molar-refractivity contribution is 9.10. The topological polar surface area (TPSA) is 22.0 Å². The molecule has 1 heterocycles. The first kappa shape index (κ1) is 11.1. The van der Waals surface area contributed by atoms with Crippen molar-refractivity contribution in [1.29, 1.82) is 0 Å². The lowest BCUT2D eigenvalue weighted by Gasteiger charge is -2.05. The van der Waals surface area contributed by atoms with Crippen LogP contribution in [0, 0.1) is 5.82 Å². The lowest BCUT2D eigenvalue weighted by molar-refractivity contribution is 0.616. The van der Waals surface area contributed by atoms with Crippen molar-refractivity contribution < 1.29 is 4.39 Å². The molecule has 2 nitrogen and oxygen atoms in total. The molecule has 0 radical (unpaired) electrons. The van der Waals surface area contributed by atoms with Crippen LogP contribution in [0.1, 0.15) is 5.56 Å². The molecule has 82 valence electrons. The second-order valence-corrected chi connectivity index (χ2v) is 4.27. The smallest absolute Gasteiger partial charge is 0.250 e. The molecule has 16 heavy (non-hydrogen) atoms. The number of rotatable bonds is 2. The van der Waals surface area contributed by atoms with E-state index in [9.17, 15) is 9.18 Å². The van der Waals surface area contributed by atoms with Gasteiger partial charge in [0.25, 0.3) is 5.56 Å². The Bertz CT molecular complexity index is 565. The molecule has 1 aromatic carbocycles. The fourth-order valence-corrected chi connectivity index (χ4v) is 1.67. The van der Waals surface area contributed by atoms with E-state index in [1.54, 1.807) is 30.5 Å². The number of benzene rings is 1. The van der Waals surface area contributed by atoms with E-state index in [-0.39, 0.29) is 11.4 Å². The van der Waals surface area contributed by atoms with Gasteiger partial charge in [-0.3, -0.25) is 4.79 Å². The van der Waals surface area contributed by atoms with Crippen LogP contribution in [0.3, 0.4) is 0 Å². The van der Waals surface area contributed by atoms with Crippen LogP contribution in [0.2, 0.25) is 0 Å². The lowest BCUT2D eigenvalue weighted by Crippen LogP contribution is -2.18. The summed E-state index contributed by atoms with van der Waals surface area (Å²) in [7, 11) is 0. The van der Waals surface area contributed by atoms with E-state index < -0.39 is 0 Å². The quantitative estimate of drug-likeness (QED) is 0.830. The van der Waals surface area contributed by atoms with Gasteiger partial charge in [-0.15, -0.1) is 0 Å². The van der Waals surface area contributed by atoms with Crippen molar-refractivity contribution in [2.24, 2.45) is 0 Å². The van der Waals surface area contributed by atoms with Crippen LogP contribution >= 0.6 is 15.9 Å². The van der Waals surface area contributed by atoms with Crippen molar-refractivity contribution >= 4 is 15.9 Å². The number of hydrogen-bond acceptors (Lipinski definition) is 1. The molecule has 4 heteroatoms. The Morgan fingerprint density at radius 1 is 1.25 bits per heavy atom. The highest BCUT2D eigenvalue weighted by Crippen LogP contribution is 2.16. The van der Waals surface area contributed by atoms with Crippen molar-refractivity contribution in [3.8, 4) is 0 Å². The Balaban J connectivity index is 2.31. The average molecular weight is 282 g/mol. The Hall–Kier alpha value is -1.42. The fourth-order valence-electron chi connectivity index (χ4n) is 1.43. The summed E-state index contributed by atoms with van der Waals surface area (Å²) in [4.78, 5) is 11.4. The predicted octanol–water partition coefficient (Wildman–Crippen LogP) is 2.80. The number of halogens is 2. The Morgan fingerprint density at radius 2 is 2.06 bits per heavy atom. The monoisotopic (exact) mass is 281 g/mol. The highest BCUT2D eigenvalue weighted by Gasteiger charge is 2.01. The molecule has 1 aromatic heterocycles. The summed E-state index contributed by atoms with van der Waals surface area (Å²) >= 11 is 3.09. The lowest BCUT2D eigenvalue weighted by atomic mass is 10.2. The number of pyridine rings is 1. The van der Waals surface area contributed by atoms with Crippen molar-refractivity contribution in [2.45, 2.75) is 6.54 Å². The third-order valence-corrected chi connectivity index (χ3v) is 2.88. The van der Waals surface area contributed by atoms with Gasteiger partial charge in [-0.2, -0.15) is 0 Å². The maximum Gasteiger partial charge on any atom is 0.250 e. The van der Waals surface area contributed by atoms with E-state index in [0.717, 1.165) is 5.56 Å². The first-order valence-electron chi connectivity index (χ1n) is 4.76. The fraction of sp³-hybridized carbons (Fsp3) is 0.0833. The molecule has 0 atom stereocenters. The zero-order valence-electron chi connectivity index (χ0n) is 8.36. The van der Waals surface area contributed by atoms with E-state index in [0.29, 0.717) is 11.0 Å². The predicted molar refractivity (Wildman–Crippen MR) is 63.9 cm³/mol. The Kier molecular flexibility index (Phi) is 3.19. The van der Waals surface area contributed by atoms with Gasteiger partial charge in [0, 0.05) is 12.3 Å². The molecule has 0 N–H and O–H groups in total. The largest absolute Gasteiger partial charge is 0.311 e. The van der Waals surface area contributed by atoms with Crippen LogP contribution in [-0.2, 0) is 6.54 Å². The van der Waals surface area contributed by atoms with Crippen LogP contribution < -0.4 is 5.56 Å². The average Bonchev–Trinajstić information content (AvgIpc) is 2.27. The molecule has 0 spiro atoms. The van der Waals surface area contributed by atoms with Gasteiger partial charge in [-0.1, -0.05) is 12.1 Å². The molecule has 2 aromatic rings. The standard InChI is InChI=1S/C12H9BrFNO/c13-10-5-4-9(7-11(10)14)8-15-6-2-1-3-12(15)16/h1-7H,8H2. The van der Waals surface area contributed by atoms with Crippen LogP contribution in [0.15, 0.2) is 51.9 Å². The maximum atomic E-state index is 13.2. The van der Waals surface area contributed by atoms with E-state index in [4.69, 9.17) is 0 Å². The molecular weight excluding hydrogens is 273 g/mol. The third kappa shape index (κ3) is 2.39. The summed E-state index contributed by atoms with van der Waals surface area (Å²) in [5, 5.41) is 0. The molecule has 0 saturated carbocycles. The minimum Gasteiger partial charge on any atom is -0.311 e. The van der Waals surface area contributed by atoms with E-state index in [2.05, 4.69) is 15.9 Å². The molecule has 0 bridgehead atoms. The summed E-state index contributed by atoms with van der Waals surface area (Å²) in [6.07, 6.45) is 1.68.